The summed E-state index contributed by atoms with van der Waals surface area (Å²) >= 11 is 0. The third kappa shape index (κ3) is 1.72. The Hall–Kier alpha value is -1.42. The Balaban J connectivity index is 2.68. The predicted molar refractivity (Wildman–Crippen MR) is 69.8 cm³/mol. The lowest BCUT2D eigenvalue weighted by Crippen LogP contribution is -2.51. The number of imidazole rings is 1. The molecule has 0 amide bonds. The number of aryl methyl sites for hydroxylation is 1. The van der Waals surface area contributed by atoms with Gasteiger partial charge in [-0.2, -0.15) is 0 Å². The van der Waals surface area contributed by atoms with Crippen molar-refractivity contribution in [3.8, 4) is 0 Å². The molecule has 0 saturated carbocycles. The van der Waals surface area contributed by atoms with Gasteiger partial charge in [0.25, 0.3) is 0 Å². The summed E-state index contributed by atoms with van der Waals surface area (Å²) in [6.07, 6.45) is 3.58. The molecule has 2 aromatic heterocycles. The van der Waals surface area contributed by atoms with Crippen LogP contribution in [0.3, 0.4) is 0 Å². The lowest BCUT2D eigenvalue weighted by Gasteiger charge is -2.37. The highest BCUT2D eigenvalue weighted by molar-refractivity contribution is 5.74. The average Bonchev–Trinajstić information content (AvgIpc) is 2.56. The maximum atomic E-state index is 6.27. The van der Waals surface area contributed by atoms with Crippen molar-refractivity contribution in [1.29, 1.82) is 0 Å². The van der Waals surface area contributed by atoms with Gasteiger partial charge in [-0.05, 0) is 19.9 Å². The summed E-state index contributed by atoms with van der Waals surface area (Å²) in [5.41, 5.74) is 7.73. The van der Waals surface area contributed by atoms with Crippen LogP contribution in [0, 0.1) is 0 Å². The minimum Gasteiger partial charge on any atom is -0.331 e. The smallest absolute Gasteiger partial charge is 0.117 e. The number of hydrogen-bond acceptors (Lipinski definition) is 3. The van der Waals surface area contributed by atoms with Gasteiger partial charge in [-0.25, -0.2) is 4.98 Å². The molecule has 2 heterocycles. The van der Waals surface area contributed by atoms with Crippen LogP contribution in [0.2, 0.25) is 0 Å². The van der Waals surface area contributed by atoms with E-state index in [1.807, 2.05) is 27.0 Å². The fourth-order valence-electron chi connectivity index (χ4n) is 1.90. The molecule has 2 aromatic rings. The second-order valence-electron chi connectivity index (χ2n) is 5.71. The Morgan fingerprint density at radius 3 is 2.41 bits per heavy atom. The first-order valence-corrected chi connectivity index (χ1v) is 5.81. The number of rotatable bonds is 2. The highest BCUT2D eigenvalue weighted by atomic mass is 15.1. The number of nitrogens with two attached hydrogens (primary N) is 1. The van der Waals surface area contributed by atoms with Crippen LogP contribution >= 0.6 is 0 Å². The summed E-state index contributed by atoms with van der Waals surface area (Å²) in [5, 5.41) is 0. The van der Waals surface area contributed by atoms with Crippen molar-refractivity contribution in [3.63, 3.8) is 0 Å². The van der Waals surface area contributed by atoms with Crippen LogP contribution in [-0.4, -0.2) is 20.1 Å². The molecule has 0 spiro atoms. The van der Waals surface area contributed by atoms with E-state index in [1.54, 1.807) is 12.4 Å². The Kier molecular flexibility index (Phi) is 2.51. The van der Waals surface area contributed by atoms with Crippen molar-refractivity contribution >= 4 is 11.0 Å². The number of hydrogen-bond donors (Lipinski definition) is 1. The van der Waals surface area contributed by atoms with Gasteiger partial charge in [-0.15, -0.1) is 0 Å². The molecule has 0 aliphatic rings. The molecule has 0 saturated heterocycles. The topological polar surface area (TPSA) is 56.7 Å². The van der Waals surface area contributed by atoms with Crippen molar-refractivity contribution in [2.45, 2.75) is 38.6 Å². The first-order chi connectivity index (χ1) is 7.75. The van der Waals surface area contributed by atoms with E-state index in [9.17, 15) is 0 Å². The second kappa shape index (κ2) is 3.53. The standard InChI is InChI=1S/C13H20N4/c1-12(2,13(3,4)14)11-16-9-8-15-7-6-10(9)17(11)5/h6-8H,14H2,1-5H3. The summed E-state index contributed by atoms with van der Waals surface area (Å²) in [6, 6.07) is 1.98. The van der Waals surface area contributed by atoms with Gasteiger partial charge in [-0.1, -0.05) is 13.8 Å². The number of fused-ring (bicyclic) bond motifs is 1. The van der Waals surface area contributed by atoms with E-state index in [-0.39, 0.29) is 11.0 Å². The Bertz CT molecular complexity index is 546. The van der Waals surface area contributed by atoms with Crippen LogP contribution in [0.15, 0.2) is 18.5 Å². The fraction of sp³-hybridized carbons (Fsp3) is 0.538. The van der Waals surface area contributed by atoms with Gasteiger partial charge in [0, 0.05) is 24.2 Å². The van der Waals surface area contributed by atoms with Gasteiger partial charge >= 0.3 is 0 Å². The molecular formula is C13H20N4. The first-order valence-electron chi connectivity index (χ1n) is 5.81. The van der Waals surface area contributed by atoms with Gasteiger partial charge in [0.1, 0.15) is 11.3 Å². The summed E-state index contributed by atoms with van der Waals surface area (Å²) in [6.45, 7) is 8.32. The molecule has 4 nitrogen and oxygen atoms in total. The predicted octanol–water partition coefficient (Wildman–Crippen LogP) is 1.98. The number of aromatic nitrogens is 3. The summed E-state index contributed by atoms with van der Waals surface area (Å²) < 4.78 is 2.10. The Morgan fingerprint density at radius 1 is 1.24 bits per heavy atom. The van der Waals surface area contributed by atoms with Gasteiger partial charge in [0.2, 0.25) is 0 Å². The molecule has 2 N–H and O–H groups in total. The molecule has 92 valence electrons. The molecular weight excluding hydrogens is 212 g/mol. The zero-order chi connectivity index (χ0) is 12.8. The summed E-state index contributed by atoms with van der Waals surface area (Å²) in [5.74, 6) is 0.994. The normalized spacial score (nSPS) is 13.3. The zero-order valence-corrected chi connectivity index (χ0v) is 11.2. The van der Waals surface area contributed by atoms with Gasteiger partial charge < -0.3 is 10.3 Å². The highest BCUT2D eigenvalue weighted by Crippen LogP contribution is 2.33. The van der Waals surface area contributed by atoms with Crippen LogP contribution in [-0.2, 0) is 12.5 Å². The summed E-state index contributed by atoms with van der Waals surface area (Å²) in [7, 11) is 2.03. The summed E-state index contributed by atoms with van der Waals surface area (Å²) in [4.78, 5) is 8.78. The van der Waals surface area contributed by atoms with E-state index >= 15 is 0 Å². The van der Waals surface area contributed by atoms with E-state index < -0.39 is 0 Å². The maximum absolute atomic E-state index is 6.27. The molecule has 4 heteroatoms. The third-order valence-corrected chi connectivity index (χ3v) is 3.85. The van der Waals surface area contributed by atoms with Gasteiger partial charge in [0.15, 0.2) is 0 Å². The van der Waals surface area contributed by atoms with E-state index in [1.165, 1.54) is 0 Å². The fourth-order valence-corrected chi connectivity index (χ4v) is 1.90. The highest BCUT2D eigenvalue weighted by Gasteiger charge is 2.38. The number of nitrogens with zero attached hydrogens (tertiary/aromatic N) is 3. The molecule has 0 radical (unpaired) electrons. The van der Waals surface area contributed by atoms with Crippen LogP contribution in [0.1, 0.15) is 33.5 Å². The third-order valence-electron chi connectivity index (χ3n) is 3.85. The lowest BCUT2D eigenvalue weighted by molar-refractivity contribution is 0.286. The molecule has 0 atom stereocenters. The Morgan fingerprint density at radius 2 is 1.88 bits per heavy atom. The zero-order valence-electron chi connectivity index (χ0n) is 11.2. The van der Waals surface area contributed by atoms with Crippen LogP contribution in [0.4, 0.5) is 0 Å². The van der Waals surface area contributed by atoms with Crippen molar-refractivity contribution < 1.29 is 0 Å². The van der Waals surface area contributed by atoms with Crippen molar-refractivity contribution in [1.82, 2.24) is 14.5 Å². The van der Waals surface area contributed by atoms with Crippen molar-refractivity contribution in [2.24, 2.45) is 12.8 Å². The molecule has 0 unspecified atom stereocenters. The first kappa shape index (κ1) is 12.0. The SMILES string of the molecule is Cn1c(C(C)(C)C(C)(C)N)nc2cnccc21. The monoisotopic (exact) mass is 232 g/mol. The molecule has 0 aliphatic heterocycles. The minimum atomic E-state index is -0.338. The van der Waals surface area contributed by atoms with E-state index in [2.05, 4.69) is 28.4 Å². The van der Waals surface area contributed by atoms with Crippen molar-refractivity contribution in [3.05, 3.63) is 24.3 Å². The van der Waals surface area contributed by atoms with E-state index in [0.29, 0.717) is 0 Å². The van der Waals surface area contributed by atoms with Crippen LogP contribution < -0.4 is 5.73 Å². The van der Waals surface area contributed by atoms with E-state index in [4.69, 9.17) is 5.73 Å². The molecule has 0 aromatic carbocycles. The van der Waals surface area contributed by atoms with Crippen LogP contribution in [0.25, 0.3) is 11.0 Å². The molecule has 0 fully saturated rings. The Labute approximate surface area is 102 Å². The second-order valence-corrected chi connectivity index (χ2v) is 5.71. The quantitative estimate of drug-likeness (QED) is 0.861. The molecule has 0 aliphatic carbocycles. The van der Waals surface area contributed by atoms with E-state index in [0.717, 1.165) is 16.9 Å². The molecule has 2 rings (SSSR count). The van der Waals surface area contributed by atoms with Gasteiger partial charge in [0.05, 0.1) is 11.7 Å². The van der Waals surface area contributed by atoms with Gasteiger partial charge in [-0.3, -0.25) is 4.98 Å². The lowest BCUT2D eigenvalue weighted by atomic mass is 9.74. The largest absolute Gasteiger partial charge is 0.331 e. The molecule has 0 bridgehead atoms. The molecule has 17 heavy (non-hydrogen) atoms. The maximum Gasteiger partial charge on any atom is 0.117 e. The number of pyridine rings is 1. The minimum absolute atomic E-state index is 0.208. The van der Waals surface area contributed by atoms with Crippen molar-refractivity contribution in [2.75, 3.05) is 0 Å². The van der Waals surface area contributed by atoms with Crippen LogP contribution in [0.5, 0.6) is 0 Å². The average molecular weight is 232 g/mol.